The molecule has 0 spiro atoms. The lowest BCUT2D eigenvalue weighted by molar-refractivity contribution is 0.0195. The van der Waals surface area contributed by atoms with Crippen LogP contribution >= 0.6 is 0 Å². The van der Waals surface area contributed by atoms with Gasteiger partial charge in [-0.25, -0.2) is 0 Å². The van der Waals surface area contributed by atoms with Crippen LogP contribution in [0.5, 0.6) is 0 Å². The highest BCUT2D eigenvalue weighted by Gasteiger charge is 2.12. The van der Waals surface area contributed by atoms with Crippen LogP contribution in [0.1, 0.15) is 19.3 Å². The summed E-state index contributed by atoms with van der Waals surface area (Å²) in [4.78, 5) is 3.80. The van der Waals surface area contributed by atoms with Gasteiger partial charge in [-0.2, -0.15) is 0 Å². The van der Waals surface area contributed by atoms with Crippen molar-refractivity contribution in [3.63, 3.8) is 0 Å². The van der Waals surface area contributed by atoms with Gasteiger partial charge in [0, 0.05) is 20.2 Å². The molecule has 3 N–H and O–H groups in total. The Kier molecular flexibility index (Phi) is 3.87. The Morgan fingerprint density at radius 2 is 2.50 bits per heavy atom. The molecule has 1 aliphatic heterocycles. The summed E-state index contributed by atoms with van der Waals surface area (Å²) >= 11 is 0. The smallest absolute Gasteiger partial charge is 0.188 e. The number of nitrogens with two attached hydrogens (primary N) is 1. The van der Waals surface area contributed by atoms with Crippen molar-refractivity contribution < 1.29 is 4.74 Å². The topological polar surface area (TPSA) is 59.6 Å². The standard InChI is InChI=1S/C8H17N3O/c1-10-8(9)11-6-7-4-2-3-5-12-7/h7H,2-6H2,1H3,(H3,9,10,11). The summed E-state index contributed by atoms with van der Waals surface area (Å²) in [6, 6.07) is 0. The molecule has 1 aliphatic rings. The number of rotatable bonds is 2. The maximum Gasteiger partial charge on any atom is 0.188 e. The molecule has 1 heterocycles. The molecule has 0 aromatic heterocycles. The van der Waals surface area contributed by atoms with Crippen molar-refractivity contribution >= 4 is 5.96 Å². The van der Waals surface area contributed by atoms with E-state index in [1.807, 2.05) is 0 Å². The largest absolute Gasteiger partial charge is 0.376 e. The van der Waals surface area contributed by atoms with E-state index in [1.54, 1.807) is 7.05 Å². The predicted octanol–water partition coefficient (Wildman–Crippen LogP) is 0.0896. The van der Waals surface area contributed by atoms with E-state index < -0.39 is 0 Å². The second-order valence-corrected chi connectivity index (χ2v) is 2.98. The molecule has 0 aromatic rings. The van der Waals surface area contributed by atoms with Crippen molar-refractivity contribution in [3.8, 4) is 0 Å². The first-order chi connectivity index (χ1) is 5.83. The Morgan fingerprint density at radius 1 is 1.67 bits per heavy atom. The lowest BCUT2D eigenvalue weighted by atomic mass is 10.1. The Bertz CT molecular complexity index is 152. The Balaban J connectivity index is 2.13. The maximum atomic E-state index is 5.50. The maximum absolute atomic E-state index is 5.50. The van der Waals surface area contributed by atoms with Crippen molar-refractivity contribution in [2.24, 2.45) is 10.7 Å². The van der Waals surface area contributed by atoms with Gasteiger partial charge < -0.3 is 15.8 Å². The van der Waals surface area contributed by atoms with Crippen molar-refractivity contribution in [2.45, 2.75) is 25.4 Å². The average Bonchev–Trinajstić information content (AvgIpc) is 2.16. The molecule has 12 heavy (non-hydrogen) atoms. The summed E-state index contributed by atoms with van der Waals surface area (Å²) in [5.74, 6) is 0.490. The van der Waals surface area contributed by atoms with Gasteiger partial charge in [0.2, 0.25) is 0 Å². The van der Waals surface area contributed by atoms with Gasteiger partial charge in [0.15, 0.2) is 5.96 Å². The lowest BCUT2D eigenvalue weighted by Crippen LogP contribution is -2.39. The van der Waals surface area contributed by atoms with Crippen LogP contribution in [0.15, 0.2) is 4.99 Å². The number of nitrogens with one attached hydrogen (secondary N) is 1. The summed E-state index contributed by atoms with van der Waals surface area (Å²) in [5, 5.41) is 3.00. The molecular weight excluding hydrogens is 154 g/mol. The zero-order valence-corrected chi connectivity index (χ0v) is 7.55. The second-order valence-electron chi connectivity index (χ2n) is 2.98. The minimum Gasteiger partial charge on any atom is -0.376 e. The van der Waals surface area contributed by atoms with Gasteiger partial charge in [-0.3, -0.25) is 4.99 Å². The predicted molar refractivity (Wildman–Crippen MR) is 49.1 cm³/mol. The van der Waals surface area contributed by atoms with E-state index in [2.05, 4.69) is 10.3 Å². The highest BCUT2D eigenvalue weighted by atomic mass is 16.5. The number of hydrogen-bond acceptors (Lipinski definition) is 2. The third-order valence-corrected chi connectivity index (χ3v) is 2.03. The van der Waals surface area contributed by atoms with Crippen LogP contribution in [-0.2, 0) is 4.74 Å². The average molecular weight is 171 g/mol. The number of ether oxygens (including phenoxy) is 1. The van der Waals surface area contributed by atoms with Gasteiger partial charge in [0.05, 0.1) is 6.10 Å². The van der Waals surface area contributed by atoms with E-state index in [9.17, 15) is 0 Å². The molecule has 1 atom stereocenters. The molecule has 0 saturated carbocycles. The Morgan fingerprint density at radius 3 is 3.08 bits per heavy atom. The van der Waals surface area contributed by atoms with E-state index in [1.165, 1.54) is 12.8 Å². The number of hydrogen-bond donors (Lipinski definition) is 2. The van der Waals surface area contributed by atoms with Crippen LogP contribution in [0, 0.1) is 0 Å². The summed E-state index contributed by atoms with van der Waals surface area (Å²) in [7, 11) is 1.67. The van der Waals surface area contributed by atoms with Gasteiger partial charge in [0.1, 0.15) is 0 Å². The fourth-order valence-electron chi connectivity index (χ4n) is 1.27. The molecule has 1 fully saturated rings. The third kappa shape index (κ3) is 3.09. The third-order valence-electron chi connectivity index (χ3n) is 2.03. The molecule has 1 rings (SSSR count). The molecule has 0 bridgehead atoms. The first-order valence-electron chi connectivity index (χ1n) is 4.40. The molecule has 0 amide bonds. The second kappa shape index (κ2) is 4.98. The zero-order chi connectivity index (χ0) is 8.81. The normalized spacial score (nSPS) is 25.4. The molecular formula is C8H17N3O. The quantitative estimate of drug-likeness (QED) is 0.457. The first kappa shape index (κ1) is 9.32. The van der Waals surface area contributed by atoms with Crippen LogP contribution in [-0.4, -0.2) is 32.3 Å². The van der Waals surface area contributed by atoms with Crippen LogP contribution in [0.25, 0.3) is 0 Å². The van der Waals surface area contributed by atoms with Crippen molar-refractivity contribution in [3.05, 3.63) is 0 Å². The van der Waals surface area contributed by atoms with Crippen LogP contribution in [0.3, 0.4) is 0 Å². The number of guanidine groups is 1. The molecule has 1 unspecified atom stereocenters. The molecule has 1 saturated heterocycles. The number of nitrogens with zero attached hydrogens (tertiary/aromatic N) is 1. The fraction of sp³-hybridized carbons (Fsp3) is 0.875. The molecule has 0 aromatic carbocycles. The van der Waals surface area contributed by atoms with Crippen LogP contribution < -0.4 is 11.1 Å². The van der Waals surface area contributed by atoms with Crippen LogP contribution in [0.4, 0.5) is 0 Å². The molecule has 4 heteroatoms. The van der Waals surface area contributed by atoms with E-state index in [4.69, 9.17) is 10.5 Å². The fourth-order valence-corrected chi connectivity index (χ4v) is 1.27. The van der Waals surface area contributed by atoms with Crippen molar-refractivity contribution in [1.82, 2.24) is 5.32 Å². The summed E-state index contributed by atoms with van der Waals surface area (Å²) in [5.41, 5.74) is 5.47. The van der Waals surface area contributed by atoms with Gasteiger partial charge in [0.25, 0.3) is 0 Å². The van der Waals surface area contributed by atoms with Gasteiger partial charge in [-0.05, 0) is 19.3 Å². The van der Waals surface area contributed by atoms with Gasteiger partial charge in [-0.1, -0.05) is 0 Å². The summed E-state index contributed by atoms with van der Waals surface area (Å²) < 4.78 is 5.50. The highest BCUT2D eigenvalue weighted by Crippen LogP contribution is 2.11. The van der Waals surface area contributed by atoms with E-state index in [-0.39, 0.29) is 0 Å². The summed E-state index contributed by atoms with van der Waals surface area (Å²) in [6.45, 7) is 1.67. The number of aliphatic imine (C=N–C) groups is 1. The minimum atomic E-state index is 0.319. The highest BCUT2D eigenvalue weighted by molar-refractivity contribution is 5.77. The lowest BCUT2D eigenvalue weighted by Gasteiger charge is -2.22. The zero-order valence-electron chi connectivity index (χ0n) is 7.55. The van der Waals surface area contributed by atoms with Crippen LogP contribution in [0.2, 0.25) is 0 Å². The van der Waals surface area contributed by atoms with Crippen molar-refractivity contribution in [1.29, 1.82) is 0 Å². The van der Waals surface area contributed by atoms with E-state index in [0.717, 1.165) is 19.6 Å². The summed E-state index contributed by atoms with van der Waals surface area (Å²) in [6.07, 6.45) is 3.90. The Hall–Kier alpha value is -0.770. The van der Waals surface area contributed by atoms with Crippen molar-refractivity contribution in [2.75, 3.05) is 20.2 Å². The van der Waals surface area contributed by atoms with Gasteiger partial charge >= 0.3 is 0 Å². The van der Waals surface area contributed by atoms with E-state index >= 15 is 0 Å². The van der Waals surface area contributed by atoms with E-state index in [0.29, 0.717) is 12.1 Å². The monoisotopic (exact) mass is 171 g/mol. The molecule has 4 nitrogen and oxygen atoms in total. The Labute approximate surface area is 73.2 Å². The SMILES string of the molecule is CN=C(N)NCC1CCCCO1. The molecule has 0 radical (unpaired) electrons. The first-order valence-corrected chi connectivity index (χ1v) is 4.40. The molecule has 70 valence electrons. The molecule has 0 aliphatic carbocycles. The minimum absolute atomic E-state index is 0.319. The van der Waals surface area contributed by atoms with Gasteiger partial charge in [-0.15, -0.1) is 0 Å².